The van der Waals surface area contributed by atoms with Gasteiger partial charge in [-0.15, -0.1) is 0 Å². The van der Waals surface area contributed by atoms with E-state index < -0.39 is 17.5 Å². The van der Waals surface area contributed by atoms with Crippen molar-refractivity contribution < 1.29 is 24.5 Å². The summed E-state index contributed by atoms with van der Waals surface area (Å²) in [6.45, 7) is -0.376. The second kappa shape index (κ2) is 7.42. The molecule has 152 valence electrons. The average Bonchev–Trinajstić information content (AvgIpc) is 3.21. The van der Waals surface area contributed by atoms with Gasteiger partial charge in [0.25, 0.3) is 5.91 Å². The van der Waals surface area contributed by atoms with Gasteiger partial charge in [0.15, 0.2) is 5.88 Å². The van der Waals surface area contributed by atoms with Crippen molar-refractivity contribution in [1.29, 1.82) is 0 Å². The van der Waals surface area contributed by atoms with Crippen LogP contribution in [0.15, 0.2) is 42.9 Å². The largest absolute Gasteiger partial charge is 0.497 e. The molecule has 1 saturated heterocycles. The molecule has 3 amide bonds. The minimum absolute atomic E-state index is 0.0866. The van der Waals surface area contributed by atoms with Crippen LogP contribution >= 0.6 is 0 Å². The van der Waals surface area contributed by atoms with Gasteiger partial charge in [0.2, 0.25) is 5.54 Å². The number of hydrogen-bond donors (Lipinski definition) is 4. The predicted molar refractivity (Wildman–Crippen MR) is 107 cm³/mol. The molecule has 9 heteroatoms. The van der Waals surface area contributed by atoms with Crippen LogP contribution in [0.25, 0.3) is 10.8 Å². The summed E-state index contributed by atoms with van der Waals surface area (Å²) in [6, 6.07) is 6.14. The van der Waals surface area contributed by atoms with Crippen molar-refractivity contribution in [1.82, 2.24) is 20.2 Å². The molecule has 0 radical (unpaired) electrons. The number of urea groups is 1. The number of ether oxygens (including phenoxy) is 1. The Kier molecular flexibility index (Phi) is 4.77. The molecular weight excluding hydrogens is 388 g/mol. The molecule has 4 rings (SSSR count). The normalized spacial score (nSPS) is 17.9. The Balaban J connectivity index is 1.77. The van der Waals surface area contributed by atoms with E-state index in [4.69, 9.17) is 4.74 Å². The third-order valence-corrected chi connectivity index (χ3v) is 4.91. The molecule has 0 spiro atoms. The number of nitrogens with one attached hydrogen (secondary N) is 2. The molecule has 9 nitrogen and oxygen atoms in total. The minimum atomic E-state index is -1.61. The fourth-order valence-electron chi connectivity index (χ4n) is 3.31. The maximum Gasteiger partial charge on any atom is 0.323 e. The quantitative estimate of drug-likeness (QED) is 0.376. The fraction of sp³-hybridized carbons (Fsp3) is 0.190. The molecular formula is C21H18N4O5. The summed E-state index contributed by atoms with van der Waals surface area (Å²) in [5.41, 5.74) is -0.644. The number of methoxy groups -OCH3 is 1. The first-order valence-electron chi connectivity index (χ1n) is 9.02. The van der Waals surface area contributed by atoms with Crippen molar-refractivity contribution in [2.75, 3.05) is 7.11 Å². The summed E-state index contributed by atoms with van der Waals surface area (Å²) in [6.07, 6.45) is 4.65. The van der Waals surface area contributed by atoms with Crippen molar-refractivity contribution in [3.8, 4) is 23.5 Å². The molecule has 0 bridgehead atoms. The second-order valence-corrected chi connectivity index (χ2v) is 6.79. The Morgan fingerprint density at radius 1 is 1.30 bits per heavy atom. The first kappa shape index (κ1) is 19.3. The van der Waals surface area contributed by atoms with E-state index >= 15 is 0 Å². The molecule has 2 aromatic heterocycles. The number of aliphatic hydroxyl groups is 1. The van der Waals surface area contributed by atoms with Crippen LogP contribution in [0.2, 0.25) is 0 Å². The molecule has 3 heterocycles. The summed E-state index contributed by atoms with van der Waals surface area (Å²) in [5, 5.41) is 26.2. The van der Waals surface area contributed by atoms with Crippen LogP contribution in [0.4, 0.5) is 4.79 Å². The highest BCUT2D eigenvalue weighted by Gasteiger charge is 2.46. The fourth-order valence-corrected chi connectivity index (χ4v) is 3.31. The number of imide groups is 1. The number of fused-ring (bicyclic) bond motifs is 1. The highest BCUT2D eigenvalue weighted by Crippen LogP contribution is 2.32. The number of rotatable bonds is 4. The van der Waals surface area contributed by atoms with Crippen LogP contribution in [-0.4, -0.2) is 44.4 Å². The van der Waals surface area contributed by atoms with Gasteiger partial charge in [-0.3, -0.25) is 15.1 Å². The van der Waals surface area contributed by atoms with Crippen molar-refractivity contribution in [3.05, 3.63) is 54.0 Å². The number of amides is 3. The molecule has 0 saturated carbocycles. The summed E-state index contributed by atoms with van der Waals surface area (Å²) in [5.74, 6) is 5.49. The molecule has 0 aliphatic carbocycles. The molecule has 4 N–H and O–H groups in total. The Morgan fingerprint density at radius 2 is 2.13 bits per heavy atom. The Morgan fingerprint density at radius 3 is 2.83 bits per heavy atom. The van der Waals surface area contributed by atoms with Gasteiger partial charge in [-0.2, -0.15) is 0 Å². The van der Waals surface area contributed by atoms with Crippen molar-refractivity contribution in [2.45, 2.75) is 18.7 Å². The van der Waals surface area contributed by atoms with Gasteiger partial charge >= 0.3 is 6.03 Å². The zero-order valence-corrected chi connectivity index (χ0v) is 16.0. The first-order valence-corrected chi connectivity index (χ1v) is 9.02. The van der Waals surface area contributed by atoms with Crippen molar-refractivity contribution in [3.63, 3.8) is 0 Å². The zero-order valence-electron chi connectivity index (χ0n) is 16.0. The molecule has 1 atom stereocenters. The average molecular weight is 406 g/mol. The molecule has 1 fully saturated rings. The number of aliphatic hydroxyl groups excluding tert-OH is 1. The number of nitrogens with zero attached hydrogens (tertiary/aromatic N) is 2. The number of carbonyl (C=O) groups is 2. The smallest absolute Gasteiger partial charge is 0.323 e. The van der Waals surface area contributed by atoms with Gasteiger partial charge in [-0.25, -0.2) is 4.79 Å². The summed E-state index contributed by atoms with van der Waals surface area (Å²) >= 11 is 0. The molecule has 30 heavy (non-hydrogen) atoms. The lowest BCUT2D eigenvalue weighted by molar-refractivity contribution is -0.122. The lowest BCUT2D eigenvalue weighted by atomic mass is 9.99. The SMILES string of the molecule is COc1ccc2cn(C[C@@]3(C#Cc4cnccc4CO)NC(=O)NC3=O)c(O)c2c1. The Bertz CT molecular complexity index is 1220. The van der Waals surface area contributed by atoms with Gasteiger partial charge in [-0.05, 0) is 29.8 Å². The lowest BCUT2D eigenvalue weighted by Gasteiger charge is -2.20. The maximum absolute atomic E-state index is 12.6. The third-order valence-electron chi connectivity index (χ3n) is 4.91. The van der Waals surface area contributed by atoms with Crippen molar-refractivity contribution >= 4 is 22.7 Å². The third kappa shape index (κ3) is 3.29. The predicted octanol–water partition coefficient (Wildman–Crippen LogP) is 0.873. The molecule has 3 aromatic rings. The minimum Gasteiger partial charge on any atom is -0.497 e. The monoisotopic (exact) mass is 406 g/mol. The van der Waals surface area contributed by atoms with Crippen LogP contribution in [0.1, 0.15) is 11.1 Å². The molecule has 0 unspecified atom stereocenters. The number of hydrogen-bond acceptors (Lipinski definition) is 6. The standard InChI is InChI=1S/C21H18N4O5/c1-30-16-3-2-14-10-25(18(27)17(14)8-16)12-21(19(28)23-20(29)24-21)6-4-13-9-22-7-5-15(13)11-26/h2-3,5,7-10,26-27H,11-12H2,1H3,(H2,23,24,28,29)/t21-/m1/s1. The van der Waals surface area contributed by atoms with Crippen LogP contribution in [0.5, 0.6) is 11.6 Å². The molecule has 1 aliphatic rings. The Labute approximate surface area is 171 Å². The second-order valence-electron chi connectivity index (χ2n) is 6.79. The highest BCUT2D eigenvalue weighted by molar-refractivity contribution is 6.09. The van der Waals surface area contributed by atoms with E-state index in [2.05, 4.69) is 27.5 Å². The van der Waals surface area contributed by atoms with E-state index in [1.165, 1.54) is 24.1 Å². The number of aromatic hydroxyl groups is 1. The molecule has 1 aromatic carbocycles. The first-order chi connectivity index (χ1) is 14.5. The zero-order chi connectivity index (χ0) is 21.3. The van der Waals surface area contributed by atoms with E-state index in [1.54, 1.807) is 30.5 Å². The maximum atomic E-state index is 12.6. The van der Waals surface area contributed by atoms with Crippen LogP contribution in [0.3, 0.4) is 0 Å². The number of aromatic nitrogens is 2. The summed E-state index contributed by atoms with van der Waals surface area (Å²) in [4.78, 5) is 28.5. The van der Waals surface area contributed by atoms with Gasteiger partial charge in [0.05, 0.1) is 20.3 Å². The Hall–Kier alpha value is -4.03. The van der Waals surface area contributed by atoms with E-state index in [9.17, 15) is 19.8 Å². The number of pyridine rings is 1. The van der Waals surface area contributed by atoms with Crippen LogP contribution < -0.4 is 15.4 Å². The summed E-state index contributed by atoms with van der Waals surface area (Å²) < 4.78 is 6.63. The van der Waals surface area contributed by atoms with Crippen molar-refractivity contribution in [2.24, 2.45) is 0 Å². The summed E-state index contributed by atoms with van der Waals surface area (Å²) in [7, 11) is 1.53. The van der Waals surface area contributed by atoms with Crippen LogP contribution in [-0.2, 0) is 17.9 Å². The van der Waals surface area contributed by atoms with Gasteiger partial charge < -0.3 is 24.8 Å². The van der Waals surface area contributed by atoms with Gasteiger partial charge in [0, 0.05) is 34.9 Å². The van der Waals surface area contributed by atoms with E-state index in [0.717, 1.165) is 5.39 Å². The number of carbonyl (C=O) groups excluding carboxylic acids is 2. The van der Waals surface area contributed by atoms with Crippen LogP contribution in [0, 0.1) is 11.8 Å². The van der Waals surface area contributed by atoms with Gasteiger partial charge in [0.1, 0.15) is 5.75 Å². The number of benzene rings is 1. The van der Waals surface area contributed by atoms with E-state index in [0.29, 0.717) is 22.3 Å². The van der Waals surface area contributed by atoms with E-state index in [-0.39, 0.29) is 19.0 Å². The lowest BCUT2D eigenvalue weighted by Crippen LogP contribution is -2.49. The topological polar surface area (TPSA) is 126 Å². The highest BCUT2D eigenvalue weighted by atomic mass is 16.5. The van der Waals surface area contributed by atoms with E-state index in [1.807, 2.05) is 0 Å². The van der Waals surface area contributed by atoms with Gasteiger partial charge in [-0.1, -0.05) is 11.8 Å². The molecule has 1 aliphatic heterocycles.